The molecule has 172 valence electrons. The van der Waals surface area contributed by atoms with Gasteiger partial charge < -0.3 is 19.9 Å². The molecular weight excluding hydrogens is 423 g/mol. The van der Waals surface area contributed by atoms with Crippen LogP contribution in [0.4, 0.5) is 18.0 Å². The Morgan fingerprint density at radius 1 is 0.969 bits per heavy atom. The van der Waals surface area contributed by atoms with E-state index in [2.05, 4.69) is 5.32 Å². The second kappa shape index (κ2) is 10.4. The molecule has 1 saturated heterocycles. The van der Waals surface area contributed by atoms with Crippen molar-refractivity contribution in [2.75, 3.05) is 32.8 Å². The highest BCUT2D eigenvalue weighted by molar-refractivity contribution is 5.79. The molecule has 0 aromatic heterocycles. The summed E-state index contributed by atoms with van der Waals surface area (Å²) in [5.41, 5.74) is 2.73. The van der Waals surface area contributed by atoms with Gasteiger partial charge in [0.25, 0.3) is 0 Å². The van der Waals surface area contributed by atoms with Crippen molar-refractivity contribution >= 4 is 11.9 Å². The van der Waals surface area contributed by atoms with Gasteiger partial charge in [0.05, 0.1) is 6.42 Å². The molecule has 0 unspecified atom stereocenters. The zero-order valence-corrected chi connectivity index (χ0v) is 17.8. The predicted octanol–water partition coefficient (Wildman–Crippen LogP) is 3.53. The second-order valence-corrected chi connectivity index (χ2v) is 7.74. The normalized spacial score (nSPS) is 14.2. The van der Waals surface area contributed by atoms with E-state index in [-0.39, 0.29) is 24.2 Å². The van der Waals surface area contributed by atoms with Crippen molar-refractivity contribution in [3.63, 3.8) is 0 Å². The van der Waals surface area contributed by atoms with E-state index < -0.39 is 12.8 Å². The summed E-state index contributed by atoms with van der Waals surface area (Å²) in [6.07, 6.45) is -4.08. The van der Waals surface area contributed by atoms with Crippen molar-refractivity contribution in [2.24, 2.45) is 0 Å². The Labute approximate surface area is 184 Å². The minimum absolute atomic E-state index is 0.0320. The van der Waals surface area contributed by atoms with Crippen LogP contribution in [0.3, 0.4) is 0 Å². The first-order valence-corrected chi connectivity index (χ1v) is 10.3. The van der Waals surface area contributed by atoms with Gasteiger partial charge in [-0.1, -0.05) is 42.0 Å². The minimum atomic E-state index is -4.41. The first kappa shape index (κ1) is 23.4. The fraction of sp³-hybridized carbons (Fsp3) is 0.391. The van der Waals surface area contributed by atoms with Crippen molar-refractivity contribution in [1.82, 2.24) is 15.1 Å². The van der Waals surface area contributed by atoms with Gasteiger partial charge in [0, 0.05) is 32.7 Å². The maximum Gasteiger partial charge on any atom is 0.422 e. The van der Waals surface area contributed by atoms with Gasteiger partial charge in [-0.2, -0.15) is 13.2 Å². The number of nitrogens with one attached hydrogen (secondary N) is 1. The third kappa shape index (κ3) is 7.18. The number of hydrogen-bond donors (Lipinski definition) is 1. The van der Waals surface area contributed by atoms with Crippen LogP contribution in [0.5, 0.6) is 5.75 Å². The molecule has 32 heavy (non-hydrogen) atoms. The van der Waals surface area contributed by atoms with Crippen molar-refractivity contribution in [3.8, 4) is 5.75 Å². The number of nitrogens with zero attached hydrogens (tertiary/aromatic N) is 2. The molecule has 6 nitrogen and oxygen atoms in total. The molecule has 2 aromatic rings. The number of carbonyl (C=O) groups excluding carboxylic acids is 2. The van der Waals surface area contributed by atoms with Gasteiger partial charge in [0.1, 0.15) is 5.75 Å². The van der Waals surface area contributed by atoms with Gasteiger partial charge in [-0.3, -0.25) is 4.79 Å². The fourth-order valence-corrected chi connectivity index (χ4v) is 3.35. The van der Waals surface area contributed by atoms with Crippen LogP contribution in [0.25, 0.3) is 0 Å². The minimum Gasteiger partial charge on any atom is -0.484 e. The third-order valence-electron chi connectivity index (χ3n) is 5.14. The molecular formula is C23H26F3N3O3. The first-order valence-electron chi connectivity index (χ1n) is 10.3. The predicted molar refractivity (Wildman–Crippen MR) is 113 cm³/mol. The van der Waals surface area contributed by atoms with E-state index >= 15 is 0 Å². The number of rotatable bonds is 6. The van der Waals surface area contributed by atoms with E-state index in [4.69, 9.17) is 4.74 Å². The number of hydrogen-bond acceptors (Lipinski definition) is 3. The number of ether oxygens (including phenoxy) is 1. The van der Waals surface area contributed by atoms with Crippen molar-refractivity contribution in [2.45, 2.75) is 26.1 Å². The molecule has 1 fully saturated rings. The van der Waals surface area contributed by atoms with E-state index in [0.717, 1.165) is 11.1 Å². The lowest BCUT2D eigenvalue weighted by Crippen LogP contribution is -2.53. The Morgan fingerprint density at radius 2 is 1.62 bits per heavy atom. The van der Waals surface area contributed by atoms with Gasteiger partial charge in [-0.25, -0.2) is 4.79 Å². The summed E-state index contributed by atoms with van der Waals surface area (Å²) < 4.78 is 41.6. The smallest absolute Gasteiger partial charge is 0.422 e. The molecule has 2 aromatic carbocycles. The number of amides is 3. The van der Waals surface area contributed by atoms with Gasteiger partial charge in [0.2, 0.25) is 5.91 Å². The van der Waals surface area contributed by atoms with Gasteiger partial charge >= 0.3 is 12.2 Å². The number of alkyl halides is 3. The molecule has 0 bridgehead atoms. The monoisotopic (exact) mass is 449 g/mol. The van der Waals surface area contributed by atoms with Crippen LogP contribution in [0.15, 0.2) is 48.5 Å². The van der Waals surface area contributed by atoms with Crippen LogP contribution >= 0.6 is 0 Å². The fourth-order valence-electron chi connectivity index (χ4n) is 3.35. The van der Waals surface area contributed by atoms with Gasteiger partial charge in [-0.05, 0) is 30.2 Å². The molecule has 3 amide bonds. The van der Waals surface area contributed by atoms with E-state index in [1.807, 2.05) is 31.2 Å². The molecule has 1 heterocycles. The lowest BCUT2D eigenvalue weighted by atomic mass is 10.1. The highest BCUT2D eigenvalue weighted by atomic mass is 19.4. The summed E-state index contributed by atoms with van der Waals surface area (Å²) in [4.78, 5) is 28.3. The molecule has 3 rings (SSSR count). The number of aryl methyl sites for hydroxylation is 1. The van der Waals surface area contributed by atoms with Crippen LogP contribution in [-0.2, 0) is 17.8 Å². The molecule has 0 atom stereocenters. The molecule has 0 aliphatic carbocycles. The van der Waals surface area contributed by atoms with Crippen LogP contribution in [0.1, 0.15) is 16.7 Å². The highest BCUT2D eigenvalue weighted by Crippen LogP contribution is 2.19. The first-order chi connectivity index (χ1) is 15.2. The Balaban J connectivity index is 1.42. The molecule has 1 aliphatic rings. The van der Waals surface area contributed by atoms with Crippen LogP contribution < -0.4 is 10.1 Å². The summed E-state index contributed by atoms with van der Waals surface area (Å²) in [7, 11) is 0. The standard InChI is InChI=1S/C23H26F3N3O3/c1-17-5-7-18(8-6-17)14-21(30)28-9-11-29(12-10-28)22(31)27-15-19-3-2-4-20(13-19)32-16-23(24,25)26/h2-8,13H,9-12,14-16H2,1H3,(H,27,31). The van der Waals surface area contributed by atoms with Crippen LogP contribution in [-0.4, -0.2) is 60.7 Å². The topological polar surface area (TPSA) is 61.9 Å². The summed E-state index contributed by atoms with van der Waals surface area (Å²) in [5.74, 6) is 0.124. The van der Waals surface area contributed by atoms with Crippen molar-refractivity contribution in [3.05, 3.63) is 65.2 Å². The molecule has 0 radical (unpaired) electrons. The quantitative estimate of drug-likeness (QED) is 0.734. The average Bonchev–Trinajstić information content (AvgIpc) is 2.77. The second-order valence-electron chi connectivity index (χ2n) is 7.74. The Morgan fingerprint density at radius 3 is 2.28 bits per heavy atom. The van der Waals surface area contributed by atoms with E-state index in [1.165, 1.54) is 12.1 Å². The Hall–Kier alpha value is -3.23. The zero-order chi connectivity index (χ0) is 23.1. The van der Waals surface area contributed by atoms with E-state index in [0.29, 0.717) is 38.2 Å². The lowest BCUT2D eigenvalue weighted by molar-refractivity contribution is -0.153. The Kier molecular flexibility index (Phi) is 7.61. The molecule has 1 N–H and O–H groups in total. The van der Waals surface area contributed by atoms with Crippen LogP contribution in [0, 0.1) is 6.92 Å². The van der Waals surface area contributed by atoms with Crippen LogP contribution in [0.2, 0.25) is 0 Å². The summed E-state index contributed by atoms with van der Waals surface area (Å²) in [5, 5.41) is 2.76. The number of urea groups is 1. The number of benzene rings is 2. The maximum atomic E-state index is 12.5. The lowest BCUT2D eigenvalue weighted by Gasteiger charge is -2.34. The Bertz CT molecular complexity index is 924. The van der Waals surface area contributed by atoms with Gasteiger partial charge in [-0.15, -0.1) is 0 Å². The average molecular weight is 449 g/mol. The molecule has 9 heteroatoms. The molecule has 1 aliphatic heterocycles. The maximum absolute atomic E-state index is 12.5. The summed E-state index contributed by atoms with van der Waals surface area (Å²) >= 11 is 0. The number of carbonyl (C=O) groups is 2. The summed E-state index contributed by atoms with van der Waals surface area (Å²) in [6.45, 7) is 2.54. The van der Waals surface area contributed by atoms with E-state index in [9.17, 15) is 22.8 Å². The number of halogens is 3. The number of piperazine rings is 1. The SMILES string of the molecule is Cc1ccc(CC(=O)N2CCN(C(=O)NCc3cccc(OCC(F)(F)F)c3)CC2)cc1. The largest absolute Gasteiger partial charge is 0.484 e. The zero-order valence-electron chi connectivity index (χ0n) is 17.8. The third-order valence-corrected chi connectivity index (χ3v) is 5.14. The highest BCUT2D eigenvalue weighted by Gasteiger charge is 2.28. The van der Waals surface area contributed by atoms with Gasteiger partial charge in [0.15, 0.2) is 6.61 Å². The van der Waals surface area contributed by atoms with Crippen molar-refractivity contribution in [1.29, 1.82) is 0 Å². The molecule has 0 saturated carbocycles. The summed E-state index contributed by atoms with van der Waals surface area (Å²) in [6, 6.07) is 13.7. The van der Waals surface area contributed by atoms with Crippen molar-refractivity contribution < 1.29 is 27.5 Å². The molecule has 0 spiro atoms. The van der Waals surface area contributed by atoms with E-state index in [1.54, 1.807) is 21.9 Å².